The minimum absolute atomic E-state index is 0.168. The molecule has 2 aromatic carbocycles. The van der Waals surface area contributed by atoms with Crippen LogP contribution in [0.4, 0.5) is 5.82 Å². The second kappa shape index (κ2) is 11.5. The monoisotopic (exact) mass is 567 g/mol. The number of amides is 3. The molecule has 0 aliphatic carbocycles. The number of fused-ring (bicyclic) bond motifs is 5. The van der Waals surface area contributed by atoms with Crippen LogP contribution >= 0.6 is 0 Å². The van der Waals surface area contributed by atoms with Crippen LogP contribution in [-0.2, 0) is 11.8 Å². The maximum Gasteiger partial charge on any atom is 0.275 e. The number of nitrogens with two attached hydrogens (primary N) is 1. The van der Waals surface area contributed by atoms with Crippen molar-refractivity contribution >= 4 is 34.4 Å². The van der Waals surface area contributed by atoms with Gasteiger partial charge < -0.3 is 25.6 Å². The first-order valence-corrected chi connectivity index (χ1v) is 14.1. The van der Waals surface area contributed by atoms with Crippen LogP contribution in [0.3, 0.4) is 0 Å². The molecule has 11 heteroatoms. The number of carbonyl (C=O) groups excluding carboxylic acids is 3. The number of nitrogens with zero attached hydrogens (tertiary/aromatic N) is 5. The first-order chi connectivity index (χ1) is 20.4. The van der Waals surface area contributed by atoms with Crippen LogP contribution in [0.2, 0.25) is 0 Å². The summed E-state index contributed by atoms with van der Waals surface area (Å²) in [5.41, 5.74) is 8.24. The first kappa shape index (κ1) is 27.3. The van der Waals surface area contributed by atoms with Crippen LogP contribution in [0, 0.1) is 5.92 Å². The quantitative estimate of drug-likeness (QED) is 0.380. The van der Waals surface area contributed by atoms with Crippen LogP contribution < -0.4 is 15.8 Å². The molecule has 3 N–H and O–H groups in total. The van der Waals surface area contributed by atoms with Crippen molar-refractivity contribution in [3.8, 4) is 5.75 Å². The van der Waals surface area contributed by atoms with Crippen molar-refractivity contribution in [2.45, 2.75) is 12.3 Å². The molecule has 0 radical (unpaired) electrons. The number of carbonyl (C=O) groups is 3. The zero-order valence-corrected chi connectivity index (χ0v) is 23.4. The summed E-state index contributed by atoms with van der Waals surface area (Å²) in [5.74, 6) is -0.401. The Labute approximate surface area is 243 Å². The molecule has 1 saturated heterocycles. The second-order valence-electron chi connectivity index (χ2n) is 10.7. The van der Waals surface area contributed by atoms with Gasteiger partial charge in [0.25, 0.3) is 11.8 Å². The van der Waals surface area contributed by atoms with E-state index >= 15 is 0 Å². The van der Waals surface area contributed by atoms with E-state index in [0.29, 0.717) is 44.1 Å². The lowest BCUT2D eigenvalue weighted by Gasteiger charge is -2.25. The van der Waals surface area contributed by atoms with E-state index in [9.17, 15) is 14.4 Å². The maximum atomic E-state index is 13.8. The van der Waals surface area contributed by atoms with Gasteiger partial charge in [0.15, 0.2) is 5.69 Å². The van der Waals surface area contributed by atoms with Gasteiger partial charge in [-0.05, 0) is 42.3 Å². The summed E-state index contributed by atoms with van der Waals surface area (Å²) in [5, 5.41) is 8.33. The predicted molar refractivity (Wildman–Crippen MR) is 157 cm³/mol. The predicted octanol–water partition coefficient (Wildman–Crippen LogP) is 2.45. The highest BCUT2D eigenvalue weighted by Crippen LogP contribution is 2.36. The fourth-order valence-corrected chi connectivity index (χ4v) is 5.87. The van der Waals surface area contributed by atoms with Crippen LogP contribution in [-0.4, -0.2) is 81.6 Å². The molecule has 4 aromatic rings. The van der Waals surface area contributed by atoms with E-state index < -0.39 is 5.92 Å². The molecule has 0 saturated carbocycles. The molecule has 0 unspecified atom stereocenters. The largest absolute Gasteiger partial charge is 0.494 e. The minimum Gasteiger partial charge on any atom is -0.494 e. The molecule has 1 fully saturated rings. The van der Waals surface area contributed by atoms with Gasteiger partial charge in [0, 0.05) is 51.1 Å². The van der Waals surface area contributed by atoms with Gasteiger partial charge in [-0.2, -0.15) is 5.10 Å². The Morgan fingerprint density at radius 3 is 2.62 bits per heavy atom. The van der Waals surface area contributed by atoms with Crippen molar-refractivity contribution in [2.75, 3.05) is 45.1 Å². The normalized spacial score (nSPS) is 19.5. The highest BCUT2D eigenvalue weighted by Gasteiger charge is 2.41. The highest BCUT2D eigenvalue weighted by molar-refractivity contribution is 6.05. The Bertz CT molecular complexity index is 1650. The van der Waals surface area contributed by atoms with Crippen molar-refractivity contribution in [2.24, 2.45) is 13.0 Å². The average molecular weight is 568 g/mol. The number of rotatable bonds is 2. The third-order valence-electron chi connectivity index (χ3n) is 7.99. The van der Waals surface area contributed by atoms with E-state index in [4.69, 9.17) is 10.5 Å². The van der Waals surface area contributed by atoms with Gasteiger partial charge in [0.05, 0.1) is 18.0 Å². The van der Waals surface area contributed by atoms with Gasteiger partial charge in [0.1, 0.15) is 17.3 Å². The van der Waals surface area contributed by atoms with Crippen LogP contribution in [0.25, 0.3) is 10.9 Å². The molecule has 11 nitrogen and oxygen atoms in total. The number of aromatic nitrogens is 3. The number of aryl methyl sites for hydroxylation is 1. The number of likely N-dealkylation sites (tertiary alicyclic amines) is 1. The molecule has 2 aliphatic rings. The van der Waals surface area contributed by atoms with Gasteiger partial charge in [-0.25, -0.2) is 4.98 Å². The summed E-state index contributed by atoms with van der Waals surface area (Å²) in [6, 6.07) is 20.3. The number of pyridine rings is 1. The Hall–Kier alpha value is -4.93. The lowest BCUT2D eigenvalue weighted by molar-refractivity contribution is -0.125. The number of nitrogen functional groups attached to an aromatic ring is 1. The molecule has 4 heterocycles. The highest BCUT2D eigenvalue weighted by atomic mass is 16.5. The number of nitrogens with one attached hydrogen (secondary N) is 1. The van der Waals surface area contributed by atoms with Crippen molar-refractivity contribution in [1.82, 2.24) is 29.9 Å². The summed E-state index contributed by atoms with van der Waals surface area (Å²) in [4.78, 5) is 48.2. The fourth-order valence-electron chi connectivity index (χ4n) is 5.87. The summed E-state index contributed by atoms with van der Waals surface area (Å²) in [6.45, 7) is 2.02. The number of hydrogen-bond donors (Lipinski definition) is 2. The third-order valence-corrected chi connectivity index (χ3v) is 7.99. The molecule has 216 valence electrons. The SMILES string of the molecule is Cn1nc(C(=O)N2C[C@@H]3C(=O)NCCN(C(=O)c4cccc(N)n4)CCCOc4cccc(c4)[C@H]3C2)c2ccccc21. The number of benzene rings is 2. The van der Waals surface area contributed by atoms with Crippen LogP contribution in [0.5, 0.6) is 5.75 Å². The van der Waals surface area contributed by atoms with E-state index in [1.165, 1.54) is 0 Å². The molecule has 2 bridgehead atoms. The van der Waals surface area contributed by atoms with E-state index in [0.717, 1.165) is 16.5 Å². The molecule has 42 heavy (non-hydrogen) atoms. The second-order valence-corrected chi connectivity index (χ2v) is 10.7. The zero-order chi connectivity index (χ0) is 29.2. The molecule has 2 aliphatic heterocycles. The lowest BCUT2D eigenvalue weighted by Crippen LogP contribution is -2.42. The maximum absolute atomic E-state index is 13.8. The summed E-state index contributed by atoms with van der Waals surface area (Å²) in [6.07, 6.45) is 0.596. The summed E-state index contributed by atoms with van der Waals surface area (Å²) >= 11 is 0. The van der Waals surface area contributed by atoms with Gasteiger partial charge >= 0.3 is 0 Å². The average Bonchev–Trinajstić information content (AvgIpc) is 3.60. The summed E-state index contributed by atoms with van der Waals surface area (Å²) < 4.78 is 7.75. The van der Waals surface area contributed by atoms with E-state index in [1.54, 1.807) is 32.7 Å². The standard InChI is InChI=1S/C31H33N7O4/c1-36-26-11-3-2-9-22(26)28(35-36)31(41)38-18-23-20-7-4-8-21(17-20)42-16-6-14-37(15-13-33-29(39)24(23)19-38)30(40)25-10-5-12-27(32)34-25/h2-5,7-12,17,23-24H,6,13-16,18-19H2,1H3,(H2,32,34)(H,33,39)/t23-,24+/m1/s1. The summed E-state index contributed by atoms with van der Waals surface area (Å²) in [7, 11) is 1.82. The van der Waals surface area contributed by atoms with Crippen molar-refractivity contribution in [3.05, 3.63) is 83.7 Å². The van der Waals surface area contributed by atoms with Crippen molar-refractivity contribution < 1.29 is 19.1 Å². The number of para-hydroxylation sites is 1. The molecule has 0 spiro atoms. The molecule has 3 amide bonds. The minimum atomic E-state index is -0.484. The van der Waals surface area contributed by atoms with Crippen LogP contribution in [0.15, 0.2) is 66.7 Å². The number of hydrogen-bond acceptors (Lipinski definition) is 7. The topological polar surface area (TPSA) is 136 Å². The number of ether oxygens (including phenoxy) is 1. The van der Waals surface area contributed by atoms with Gasteiger partial charge in [0.2, 0.25) is 5.91 Å². The molecular formula is C31H33N7O4. The Balaban J connectivity index is 1.26. The van der Waals surface area contributed by atoms with Crippen molar-refractivity contribution in [1.29, 1.82) is 0 Å². The molecule has 2 aromatic heterocycles. The molecule has 2 atom stereocenters. The molecule has 6 rings (SSSR count). The van der Waals surface area contributed by atoms with E-state index in [2.05, 4.69) is 15.4 Å². The fraction of sp³-hybridized carbons (Fsp3) is 0.323. The van der Waals surface area contributed by atoms with Gasteiger partial charge in [-0.15, -0.1) is 0 Å². The Morgan fingerprint density at radius 2 is 1.76 bits per heavy atom. The van der Waals surface area contributed by atoms with Crippen molar-refractivity contribution in [3.63, 3.8) is 0 Å². The van der Waals surface area contributed by atoms with Gasteiger partial charge in [-0.3, -0.25) is 19.1 Å². The lowest BCUT2D eigenvalue weighted by atomic mass is 9.88. The number of anilines is 1. The Morgan fingerprint density at radius 1 is 0.952 bits per heavy atom. The Kier molecular flexibility index (Phi) is 7.47. The smallest absolute Gasteiger partial charge is 0.275 e. The van der Waals surface area contributed by atoms with Crippen LogP contribution in [0.1, 0.15) is 38.9 Å². The first-order valence-electron chi connectivity index (χ1n) is 14.1. The third kappa shape index (κ3) is 5.37. The molecular weight excluding hydrogens is 534 g/mol. The van der Waals surface area contributed by atoms with E-state index in [-0.39, 0.29) is 48.2 Å². The van der Waals surface area contributed by atoms with Gasteiger partial charge in [-0.1, -0.05) is 36.4 Å². The van der Waals surface area contributed by atoms with E-state index in [1.807, 2.05) is 55.6 Å². The zero-order valence-electron chi connectivity index (χ0n) is 23.4.